The highest BCUT2D eigenvalue weighted by Gasteiger charge is 2.21. The van der Waals surface area contributed by atoms with Crippen molar-refractivity contribution in [1.82, 2.24) is 9.78 Å². The fourth-order valence-corrected chi connectivity index (χ4v) is 3.63. The standard InChI is InChI=1S/C27H30N4.C2H6/c1-18-11-14-21(15-12-18)31-26(17-25(30-31)27(4,5)6)29-20(3)28-24-16-13-19(2)22-9-7-8-10-23(22)24;1-2/h7-17,28-29H,3H2,1-2,4-6H3;1-2H3. The normalized spacial score (nSPS) is 11.0. The quantitative estimate of drug-likeness (QED) is 0.331. The maximum Gasteiger partial charge on any atom is 0.135 e. The molecular weight excluding hydrogens is 404 g/mol. The highest BCUT2D eigenvalue weighted by atomic mass is 15.3. The molecule has 0 aliphatic heterocycles. The first-order chi connectivity index (χ1) is 15.7. The van der Waals surface area contributed by atoms with E-state index < -0.39 is 0 Å². The Hall–Kier alpha value is -3.53. The lowest BCUT2D eigenvalue weighted by Gasteiger charge is -2.16. The van der Waals surface area contributed by atoms with E-state index >= 15 is 0 Å². The van der Waals surface area contributed by atoms with Crippen molar-refractivity contribution in [3.8, 4) is 5.69 Å². The number of hydrogen-bond acceptors (Lipinski definition) is 3. The van der Waals surface area contributed by atoms with Gasteiger partial charge >= 0.3 is 0 Å². The Balaban J connectivity index is 0.00000149. The smallest absolute Gasteiger partial charge is 0.135 e. The van der Waals surface area contributed by atoms with Crippen LogP contribution in [0.3, 0.4) is 0 Å². The van der Waals surface area contributed by atoms with Gasteiger partial charge in [-0.25, -0.2) is 4.68 Å². The van der Waals surface area contributed by atoms with Gasteiger partial charge in [0.2, 0.25) is 0 Å². The van der Waals surface area contributed by atoms with Crippen molar-refractivity contribution in [3.05, 3.63) is 96.0 Å². The summed E-state index contributed by atoms with van der Waals surface area (Å²) in [6, 6.07) is 23.1. The Bertz CT molecular complexity index is 1240. The minimum Gasteiger partial charge on any atom is -0.342 e. The van der Waals surface area contributed by atoms with Crippen molar-refractivity contribution in [1.29, 1.82) is 0 Å². The average molecular weight is 441 g/mol. The lowest BCUT2D eigenvalue weighted by Crippen LogP contribution is -2.13. The van der Waals surface area contributed by atoms with Crippen LogP contribution >= 0.6 is 0 Å². The van der Waals surface area contributed by atoms with Gasteiger partial charge in [-0.2, -0.15) is 5.10 Å². The van der Waals surface area contributed by atoms with Gasteiger partial charge in [-0.1, -0.05) is 89.2 Å². The highest BCUT2D eigenvalue weighted by molar-refractivity contribution is 5.96. The van der Waals surface area contributed by atoms with Crippen LogP contribution in [0.25, 0.3) is 16.5 Å². The zero-order chi connectivity index (χ0) is 24.2. The topological polar surface area (TPSA) is 41.9 Å². The number of fused-ring (bicyclic) bond motifs is 1. The third-order valence-electron chi connectivity index (χ3n) is 5.46. The van der Waals surface area contributed by atoms with E-state index in [-0.39, 0.29) is 5.41 Å². The molecule has 2 N–H and O–H groups in total. The Morgan fingerprint density at radius 1 is 0.848 bits per heavy atom. The number of aromatic nitrogens is 2. The number of nitrogens with zero attached hydrogens (tertiary/aromatic N) is 2. The van der Waals surface area contributed by atoms with Gasteiger partial charge in [-0.3, -0.25) is 0 Å². The summed E-state index contributed by atoms with van der Waals surface area (Å²) in [5, 5.41) is 14.2. The zero-order valence-corrected chi connectivity index (χ0v) is 21.0. The molecule has 0 spiro atoms. The third kappa shape index (κ3) is 5.46. The summed E-state index contributed by atoms with van der Waals surface area (Å²) < 4.78 is 1.94. The molecule has 4 rings (SSSR count). The number of benzene rings is 3. The van der Waals surface area contributed by atoms with Gasteiger partial charge in [0.25, 0.3) is 0 Å². The number of aryl methyl sites for hydroxylation is 2. The fourth-order valence-electron chi connectivity index (χ4n) is 3.63. The van der Waals surface area contributed by atoms with Crippen molar-refractivity contribution < 1.29 is 0 Å². The van der Waals surface area contributed by atoms with E-state index in [0.29, 0.717) is 5.82 Å². The number of anilines is 2. The second-order valence-electron chi connectivity index (χ2n) is 9.12. The van der Waals surface area contributed by atoms with Crippen molar-refractivity contribution in [2.75, 3.05) is 10.6 Å². The molecule has 4 nitrogen and oxygen atoms in total. The molecule has 1 heterocycles. The highest BCUT2D eigenvalue weighted by Crippen LogP contribution is 2.29. The fraction of sp³-hybridized carbons (Fsp3) is 0.276. The van der Waals surface area contributed by atoms with E-state index in [9.17, 15) is 0 Å². The van der Waals surface area contributed by atoms with Crippen LogP contribution in [-0.2, 0) is 5.41 Å². The predicted molar refractivity (Wildman–Crippen MR) is 143 cm³/mol. The summed E-state index contributed by atoms with van der Waals surface area (Å²) in [6.45, 7) is 19.0. The molecule has 0 saturated carbocycles. The Morgan fingerprint density at radius 3 is 2.12 bits per heavy atom. The molecule has 0 aliphatic rings. The average Bonchev–Trinajstić information content (AvgIpc) is 3.22. The Labute approximate surface area is 198 Å². The van der Waals surface area contributed by atoms with E-state index in [2.05, 4.69) is 119 Å². The Kier molecular flexibility index (Phi) is 7.27. The molecule has 0 radical (unpaired) electrons. The summed E-state index contributed by atoms with van der Waals surface area (Å²) in [6.07, 6.45) is 0. The first kappa shape index (κ1) is 24.1. The third-order valence-corrected chi connectivity index (χ3v) is 5.46. The van der Waals surface area contributed by atoms with Crippen LogP contribution in [0.1, 0.15) is 51.4 Å². The van der Waals surface area contributed by atoms with E-state index in [1.165, 1.54) is 21.9 Å². The van der Waals surface area contributed by atoms with E-state index in [1.807, 2.05) is 18.5 Å². The molecule has 0 bridgehead atoms. The van der Waals surface area contributed by atoms with Gasteiger partial charge < -0.3 is 10.6 Å². The second-order valence-corrected chi connectivity index (χ2v) is 9.12. The van der Waals surface area contributed by atoms with Crippen LogP contribution in [0.15, 0.2) is 79.1 Å². The van der Waals surface area contributed by atoms with Crippen molar-refractivity contribution >= 4 is 22.3 Å². The lowest BCUT2D eigenvalue weighted by molar-refractivity contribution is 0.560. The van der Waals surface area contributed by atoms with Crippen LogP contribution in [-0.4, -0.2) is 9.78 Å². The molecule has 1 aromatic heterocycles. The first-order valence-electron chi connectivity index (χ1n) is 11.6. The van der Waals surface area contributed by atoms with Gasteiger partial charge in [0.05, 0.1) is 11.4 Å². The monoisotopic (exact) mass is 440 g/mol. The minimum atomic E-state index is -0.0612. The van der Waals surface area contributed by atoms with Gasteiger partial charge in [0, 0.05) is 22.6 Å². The molecule has 4 aromatic rings. The van der Waals surface area contributed by atoms with E-state index in [1.54, 1.807) is 0 Å². The first-order valence-corrected chi connectivity index (χ1v) is 11.6. The summed E-state index contributed by atoms with van der Waals surface area (Å²) >= 11 is 0. The molecule has 0 aliphatic carbocycles. The predicted octanol–water partition coefficient (Wildman–Crippen LogP) is 7.96. The number of nitrogens with one attached hydrogen (secondary N) is 2. The molecule has 0 atom stereocenters. The van der Waals surface area contributed by atoms with Crippen LogP contribution in [0.5, 0.6) is 0 Å². The SMILES string of the molecule is C=C(Nc1ccc(C)c2ccccc12)Nc1cc(C(C)(C)C)nn1-c1ccc(C)cc1.CC. The summed E-state index contributed by atoms with van der Waals surface area (Å²) in [4.78, 5) is 0. The van der Waals surface area contributed by atoms with Gasteiger partial charge in [0.15, 0.2) is 0 Å². The molecule has 0 amide bonds. The van der Waals surface area contributed by atoms with Crippen LogP contribution in [0.2, 0.25) is 0 Å². The van der Waals surface area contributed by atoms with E-state index in [4.69, 9.17) is 5.10 Å². The maximum absolute atomic E-state index is 4.89. The van der Waals surface area contributed by atoms with E-state index in [0.717, 1.165) is 22.9 Å². The van der Waals surface area contributed by atoms with Crippen molar-refractivity contribution in [3.63, 3.8) is 0 Å². The molecule has 0 fully saturated rings. The summed E-state index contributed by atoms with van der Waals surface area (Å²) in [5.74, 6) is 1.57. The molecule has 0 saturated heterocycles. The van der Waals surface area contributed by atoms with Crippen LogP contribution < -0.4 is 10.6 Å². The summed E-state index contributed by atoms with van der Waals surface area (Å²) in [7, 11) is 0. The van der Waals surface area contributed by atoms with Gasteiger partial charge in [-0.15, -0.1) is 0 Å². The molecule has 172 valence electrons. The maximum atomic E-state index is 4.89. The van der Waals surface area contributed by atoms with Crippen LogP contribution in [0, 0.1) is 13.8 Å². The molecule has 0 unspecified atom stereocenters. The molecule has 33 heavy (non-hydrogen) atoms. The second kappa shape index (κ2) is 9.95. The molecule has 3 aromatic carbocycles. The van der Waals surface area contributed by atoms with Crippen molar-refractivity contribution in [2.45, 2.75) is 53.9 Å². The number of hydrogen-bond donors (Lipinski definition) is 2. The largest absolute Gasteiger partial charge is 0.342 e. The Morgan fingerprint density at radius 2 is 1.48 bits per heavy atom. The van der Waals surface area contributed by atoms with Gasteiger partial charge in [0.1, 0.15) is 11.6 Å². The van der Waals surface area contributed by atoms with Gasteiger partial charge in [-0.05, 0) is 43.0 Å². The molecular formula is C29H36N4. The zero-order valence-electron chi connectivity index (χ0n) is 21.0. The molecule has 4 heteroatoms. The summed E-state index contributed by atoms with van der Waals surface area (Å²) in [5.41, 5.74) is 5.47. The van der Waals surface area contributed by atoms with Crippen molar-refractivity contribution in [2.24, 2.45) is 0 Å². The minimum absolute atomic E-state index is 0.0612. The lowest BCUT2D eigenvalue weighted by atomic mass is 9.92. The van der Waals surface area contributed by atoms with Crippen LogP contribution in [0.4, 0.5) is 11.5 Å². The number of rotatable bonds is 5.